The van der Waals surface area contributed by atoms with Crippen LogP contribution in [-0.4, -0.2) is 5.97 Å². The molecule has 144 valence electrons. The number of ether oxygens (including phenoxy) is 1. The van der Waals surface area contributed by atoms with E-state index < -0.39 is 5.97 Å². The maximum absolute atomic E-state index is 10.8. The van der Waals surface area contributed by atoms with Gasteiger partial charge >= 0.3 is 0 Å². The Morgan fingerprint density at radius 3 is 2.46 bits per heavy atom. The summed E-state index contributed by atoms with van der Waals surface area (Å²) in [5.41, 5.74) is 3.23. The summed E-state index contributed by atoms with van der Waals surface area (Å²) in [6.45, 7) is 1.85. The first-order valence-electron chi connectivity index (χ1n) is 8.79. The van der Waals surface area contributed by atoms with Crippen molar-refractivity contribution in [2.75, 3.05) is 0 Å². The average Bonchev–Trinajstić information content (AvgIpc) is 2.69. The molecule has 0 amide bonds. The van der Waals surface area contributed by atoms with Gasteiger partial charge in [-0.2, -0.15) is 0 Å². The third kappa shape index (κ3) is 5.58. The van der Waals surface area contributed by atoms with Gasteiger partial charge in [0.05, 0.1) is 5.97 Å². The van der Waals surface area contributed by atoms with Gasteiger partial charge in [0.1, 0.15) is 25.4 Å². The Hall–Kier alpha value is -2.34. The molecule has 4 nitrogen and oxygen atoms in total. The van der Waals surface area contributed by atoms with Crippen molar-refractivity contribution in [1.82, 2.24) is 0 Å². The number of hydrogen-bond acceptors (Lipinski definition) is 3. The van der Waals surface area contributed by atoms with Crippen molar-refractivity contribution in [3.63, 3.8) is 0 Å². The third-order valence-electron chi connectivity index (χ3n) is 4.30. The number of hydrogen-bond donors (Lipinski definition) is 1. The van der Waals surface area contributed by atoms with Gasteiger partial charge in [-0.3, -0.25) is 0 Å². The second-order valence-corrected chi connectivity index (χ2v) is 7.64. The van der Waals surface area contributed by atoms with Crippen LogP contribution in [0, 0.1) is 0 Å². The molecular weight excluding hydrogens is 442 g/mol. The molecule has 3 aromatic carbocycles. The maximum atomic E-state index is 10.8. The first-order chi connectivity index (χ1) is 13.5. The van der Waals surface area contributed by atoms with Crippen molar-refractivity contribution < 1.29 is 20.0 Å². The normalized spacial score (nSPS) is 10.6. The van der Waals surface area contributed by atoms with Gasteiger partial charge in [0, 0.05) is 26.2 Å². The van der Waals surface area contributed by atoms with Crippen LogP contribution in [-0.2, 0) is 19.7 Å². The van der Waals surface area contributed by atoms with Crippen molar-refractivity contribution in [2.24, 2.45) is 0 Å². The van der Waals surface area contributed by atoms with Crippen LogP contribution in [0.4, 0.5) is 0 Å². The van der Waals surface area contributed by atoms with Crippen LogP contribution in [0.3, 0.4) is 0 Å². The van der Waals surface area contributed by atoms with Gasteiger partial charge in [0.25, 0.3) is 0 Å². The Kier molecular flexibility index (Phi) is 7.09. The zero-order valence-electron chi connectivity index (χ0n) is 15.0. The fourth-order valence-electron chi connectivity index (χ4n) is 2.79. The molecule has 3 aromatic rings. The van der Waals surface area contributed by atoms with Crippen LogP contribution in [0.15, 0.2) is 71.2 Å². The van der Waals surface area contributed by atoms with Gasteiger partial charge in [-0.1, -0.05) is 70.0 Å². The molecule has 0 aliphatic carbocycles. The van der Waals surface area contributed by atoms with Crippen molar-refractivity contribution >= 4 is 33.5 Å². The molecule has 0 saturated heterocycles. The molecule has 0 radical (unpaired) electrons. The number of carbonyl (C=O) groups is 1. The summed E-state index contributed by atoms with van der Waals surface area (Å²) in [5, 5.41) is 13.6. The molecule has 0 heterocycles. The van der Waals surface area contributed by atoms with Crippen LogP contribution >= 0.6 is 27.5 Å². The molecule has 0 aliphatic rings. The lowest BCUT2D eigenvalue weighted by molar-refractivity contribution is -0.686. The van der Waals surface area contributed by atoms with Gasteiger partial charge in [-0.25, -0.2) is 0 Å². The van der Waals surface area contributed by atoms with Crippen molar-refractivity contribution in [2.45, 2.75) is 19.7 Å². The van der Waals surface area contributed by atoms with Gasteiger partial charge in [0.2, 0.25) is 0 Å². The number of benzene rings is 3. The number of carbonyl (C=O) groups excluding carboxylic acids is 1. The Balaban J connectivity index is 1.62. The predicted molar refractivity (Wildman–Crippen MR) is 110 cm³/mol. The van der Waals surface area contributed by atoms with Crippen LogP contribution in [0.2, 0.25) is 5.02 Å². The number of halogens is 2. The summed E-state index contributed by atoms with van der Waals surface area (Å²) in [7, 11) is 0. The molecule has 0 bridgehead atoms. The molecule has 6 heteroatoms. The minimum absolute atomic E-state index is 0.186. The second-order valence-electron chi connectivity index (χ2n) is 6.31. The molecule has 0 aromatic heterocycles. The second kappa shape index (κ2) is 9.73. The van der Waals surface area contributed by atoms with Gasteiger partial charge in [0.15, 0.2) is 0 Å². The molecule has 0 aliphatic heterocycles. The Morgan fingerprint density at radius 1 is 1.00 bits per heavy atom. The highest BCUT2D eigenvalue weighted by Crippen LogP contribution is 2.25. The Morgan fingerprint density at radius 2 is 1.75 bits per heavy atom. The van der Waals surface area contributed by atoms with Crippen LogP contribution in [0.25, 0.3) is 0 Å². The van der Waals surface area contributed by atoms with Gasteiger partial charge < -0.3 is 20.0 Å². The summed E-state index contributed by atoms with van der Waals surface area (Å²) in [5.74, 6) is -0.350. The van der Waals surface area contributed by atoms with E-state index in [-0.39, 0.29) is 5.56 Å². The number of aromatic carboxylic acids is 1. The molecule has 0 saturated carbocycles. The third-order valence-corrected chi connectivity index (χ3v) is 5.16. The minimum Gasteiger partial charge on any atom is -0.545 e. The van der Waals surface area contributed by atoms with Crippen molar-refractivity contribution in [3.8, 4) is 5.75 Å². The molecule has 0 unspecified atom stereocenters. The first-order valence-corrected chi connectivity index (χ1v) is 9.96. The highest BCUT2D eigenvalue weighted by atomic mass is 79.9. The van der Waals surface area contributed by atoms with Crippen LogP contribution in [0.1, 0.15) is 27.0 Å². The van der Waals surface area contributed by atoms with E-state index in [9.17, 15) is 9.90 Å². The number of carboxylic acid groups (broad SMARTS) is 1. The van der Waals surface area contributed by atoms with E-state index in [2.05, 4.69) is 21.2 Å². The molecule has 0 spiro atoms. The number of quaternary nitrogens is 1. The molecule has 0 fully saturated rings. The smallest absolute Gasteiger partial charge is 0.128 e. The standard InChI is InChI=1S/C22H19BrClNO3/c23-19-9-10-21(28-14-17-3-1-2-4-20(17)24)18(11-19)13-25-12-15-5-7-16(8-6-15)22(26)27/h1-11,25H,12-14H2,(H,26,27). The van der Waals surface area contributed by atoms with E-state index in [4.69, 9.17) is 16.3 Å². The molecule has 0 atom stereocenters. The van der Waals surface area contributed by atoms with E-state index in [0.717, 1.165) is 40.0 Å². The maximum Gasteiger partial charge on any atom is 0.128 e. The summed E-state index contributed by atoms with van der Waals surface area (Å²) < 4.78 is 6.99. The highest BCUT2D eigenvalue weighted by Gasteiger charge is 2.09. The Labute approximate surface area is 177 Å². The van der Waals surface area contributed by atoms with Gasteiger partial charge in [-0.05, 0) is 29.8 Å². The molecule has 28 heavy (non-hydrogen) atoms. The number of rotatable bonds is 8. The summed E-state index contributed by atoms with van der Waals surface area (Å²) >= 11 is 9.71. The van der Waals surface area contributed by atoms with Crippen molar-refractivity contribution in [3.05, 3.63) is 98.5 Å². The van der Waals surface area contributed by atoms with Crippen LogP contribution < -0.4 is 15.2 Å². The quantitative estimate of drug-likeness (QED) is 0.561. The lowest BCUT2D eigenvalue weighted by Gasteiger charge is -2.12. The van der Waals surface area contributed by atoms with E-state index in [1.54, 1.807) is 24.3 Å². The minimum atomic E-state index is -1.16. The van der Waals surface area contributed by atoms with Crippen LogP contribution in [0.5, 0.6) is 5.75 Å². The lowest BCUT2D eigenvalue weighted by atomic mass is 10.1. The fourth-order valence-corrected chi connectivity index (χ4v) is 3.39. The predicted octanol–water partition coefficient (Wildman–Crippen LogP) is 3.31. The average molecular weight is 461 g/mol. The number of nitrogens with two attached hydrogens (primary N) is 1. The SMILES string of the molecule is O=C([O-])c1ccc(C[NH2+]Cc2cc(Br)ccc2OCc2ccccc2Cl)cc1. The Bertz CT molecular complexity index is 960. The zero-order chi connectivity index (χ0) is 19.9. The summed E-state index contributed by atoms with van der Waals surface area (Å²) in [6.07, 6.45) is 0. The van der Waals surface area contributed by atoms with Gasteiger partial charge in [-0.15, -0.1) is 0 Å². The summed E-state index contributed by atoms with van der Waals surface area (Å²) in [4.78, 5) is 10.8. The monoisotopic (exact) mass is 459 g/mol. The number of carboxylic acids is 1. The largest absolute Gasteiger partial charge is 0.545 e. The molecular formula is C22H19BrClNO3. The zero-order valence-corrected chi connectivity index (χ0v) is 17.4. The van der Waals surface area contributed by atoms with E-state index in [1.807, 2.05) is 42.5 Å². The lowest BCUT2D eigenvalue weighted by Crippen LogP contribution is -2.80. The first kappa shape index (κ1) is 20.4. The van der Waals surface area contributed by atoms with Crippen molar-refractivity contribution in [1.29, 1.82) is 0 Å². The fraction of sp³-hybridized carbons (Fsp3) is 0.136. The van der Waals surface area contributed by atoms with E-state index >= 15 is 0 Å². The molecule has 3 rings (SSSR count). The highest BCUT2D eigenvalue weighted by molar-refractivity contribution is 9.10. The molecule has 2 N–H and O–H groups in total. The van der Waals surface area contributed by atoms with E-state index in [1.165, 1.54) is 0 Å². The topological polar surface area (TPSA) is 66.0 Å². The summed E-state index contributed by atoms with van der Waals surface area (Å²) in [6, 6.07) is 20.3. The van der Waals surface area contributed by atoms with E-state index in [0.29, 0.717) is 11.6 Å².